The van der Waals surface area contributed by atoms with E-state index in [0.29, 0.717) is 0 Å². The second-order valence-electron chi connectivity index (χ2n) is 5.86. The van der Waals surface area contributed by atoms with Crippen molar-refractivity contribution in [3.8, 4) is 0 Å². The van der Waals surface area contributed by atoms with Crippen LogP contribution in [-0.4, -0.2) is 59.9 Å². The van der Waals surface area contributed by atoms with Gasteiger partial charge in [0.15, 0.2) is 5.41 Å². The van der Waals surface area contributed by atoms with Crippen molar-refractivity contribution in [2.24, 2.45) is 16.2 Å². The Morgan fingerprint density at radius 2 is 0.938 bits per heavy atom. The minimum absolute atomic E-state index is 0. The van der Waals surface area contributed by atoms with Gasteiger partial charge in [-0.2, -0.15) is 0 Å². The Hall–Kier alpha value is 0.200. The third kappa shape index (κ3) is 2.71. The molecule has 0 saturated heterocycles. The van der Waals surface area contributed by atoms with E-state index in [9.17, 15) is 19.8 Å². The van der Waals surface area contributed by atoms with Gasteiger partial charge in [-0.1, -0.05) is 41.5 Å². The molecule has 0 fully saturated rings. The normalized spacial score (nSPS) is 12.9. The van der Waals surface area contributed by atoms with Crippen LogP contribution in [0.25, 0.3) is 0 Å². The Morgan fingerprint density at radius 3 is 0.938 bits per heavy atom. The summed E-state index contributed by atoms with van der Waals surface area (Å²) in [6.07, 6.45) is 0. The second-order valence-corrected chi connectivity index (χ2v) is 5.86. The topological polar surface area (TPSA) is 74.6 Å². The van der Waals surface area contributed by atoms with Gasteiger partial charge in [0, 0.05) is 0 Å². The van der Waals surface area contributed by atoms with Crippen molar-refractivity contribution >= 4 is 49.7 Å². The van der Waals surface area contributed by atoms with E-state index in [1.807, 2.05) is 0 Å². The predicted molar refractivity (Wildman–Crippen MR) is 65.2 cm³/mol. The predicted octanol–water partition coefficient (Wildman–Crippen LogP) is 1.32. The average molecular weight is 258 g/mol. The van der Waals surface area contributed by atoms with Crippen molar-refractivity contribution in [1.82, 2.24) is 0 Å². The number of carboxylic acids is 2. The number of carbonyl (C=O) groups is 2. The number of hydrogen-bond donors (Lipinski definition) is 2. The molecule has 0 radical (unpaired) electrons. The van der Waals surface area contributed by atoms with E-state index >= 15 is 0 Å². The second kappa shape index (κ2) is 5.23. The first-order chi connectivity index (χ1) is 6.39. The maximum absolute atomic E-state index is 11.4. The van der Waals surface area contributed by atoms with Crippen molar-refractivity contribution < 1.29 is 19.8 Å². The molecule has 0 heterocycles. The summed E-state index contributed by atoms with van der Waals surface area (Å²) in [7, 11) is 0. The summed E-state index contributed by atoms with van der Waals surface area (Å²) in [4.78, 5) is 22.8. The van der Waals surface area contributed by atoms with Crippen molar-refractivity contribution in [2.75, 3.05) is 0 Å². The minimum atomic E-state index is -1.79. The molecule has 0 aromatic heterocycles. The first-order valence-corrected chi connectivity index (χ1v) is 4.86. The van der Waals surface area contributed by atoms with Gasteiger partial charge in [0.25, 0.3) is 0 Å². The maximum atomic E-state index is 11.4. The van der Waals surface area contributed by atoms with Crippen LogP contribution in [0.15, 0.2) is 0 Å². The zero-order chi connectivity index (χ0) is 12.7. The number of rotatable bonds is 2. The van der Waals surface area contributed by atoms with Gasteiger partial charge < -0.3 is 10.2 Å². The quantitative estimate of drug-likeness (QED) is 0.578. The van der Waals surface area contributed by atoms with Gasteiger partial charge in [0.1, 0.15) is 0 Å². The van der Waals surface area contributed by atoms with Crippen molar-refractivity contribution in [3.05, 3.63) is 0 Å². The van der Waals surface area contributed by atoms with Gasteiger partial charge >= 0.3 is 49.7 Å². The zero-order valence-electron chi connectivity index (χ0n) is 10.2. The summed E-state index contributed by atoms with van der Waals surface area (Å²) in [5.74, 6) is -2.56. The Morgan fingerprint density at radius 1 is 0.750 bits per heavy atom. The molecule has 4 nitrogen and oxygen atoms in total. The number of carboxylic acid groups (broad SMARTS) is 2. The fraction of sp³-hybridized carbons (Fsp3) is 0.818. The average Bonchev–Trinajstić information content (AvgIpc) is 1.75. The summed E-state index contributed by atoms with van der Waals surface area (Å²) in [5, 5.41) is 18.6. The Kier molecular flexibility index (Phi) is 6.07. The zero-order valence-corrected chi connectivity index (χ0v) is 10.2. The third-order valence-electron chi connectivity index (χ3n) is 2.89. The summed E-state index contributed by atoms with van der Waals surface area (Å²) in [6, 6.07) is 0. The Balaban J connectivity index is 0. The first-order valence-electron chi connectivity index (χ1n) is 4.86. The molecule has 0 unspecified atom stereocenters. The third-order valence-corrected chi connectivity index (χ3v) is 2.89. The van der Waals surface area contributed by atoms with Crippen LogP contribution >= 0.6 is 0 Å². The van der Waals surface area contributed by atoms with Gasteiger partial charge in [-0.3, -0.25) is 9.59 Å². The molecule has 0 bridgehead atoms. The molecule has 0 aliphatic rings. The van der Waals surface area contributed by atoms with Crippen molar-refractivity contribution in [3.63, 3.8) is 0 Å². The van der Waals surface area contributed by atoms with Crippen LogP contribution in [-0.2, 0) is 9.59 Å². The Bertz CT molecular complexity index is 253. The monoisotopic (exact) mass is 258 g/mol. The van der Waals surface area contributed by atoms with Crippen molar-refractivity contribution in [2.45, 2.75) is 41.5 Å². The van der Waals surface area contributed by atoms with Crippen LogP contribution in [0.1, 0.15) is 41.5 Å². The van der Waals surface area contributed by atoms with E-state index < -0.39 is 28.2 Å². The SMILES string of the molecule is CC(C)(C)C(C(=O)O)(C(=O)O)C(C)(C)C.[CaH2]. The van der Waals surface area contributed by atoms with Crippen LogP contribution in [0, 0.1) is 16.2 Å². The summed E-state index contributed by atoms with van der Waals surface area (Å²) < 4.78 is 0. The molecule has 2 N–H and O–H groups in total. The van der Waals surface area contributed by atoms with E-state index in [0.717, 1.165) is 0 Å². The van der Waals surface area contributed by atoms with Crippen LogP contribution in [0.4, 0.5) is 0 Å². The molecular formula is C11H22CaO4. The van der Waals surface area contributed by atoms with Crippen LogP contribution in [0.5, 0.6) is 0 Å². The molecule has 0 aliphatic carbocycles. The fourth-order valence-electron chi connectivity index (χ4n) is 2.50. The molecule has 0 aromatic rings. The fourth-order valence-corrected chi connectivity index (χ4v) is 2.50. The standard InChI is InChI=1S/C11H20O4.Ca.2H/c1-9(2,3)11(7(12)13,8(14)15)10(4,5)6;;;/h1-6H3,(H,12,13)(H,14,15);;;. The van der Waals surface area contributed by atoms with Crippen LogP contribution in [0.3, 0.4) is 0 Å². The van der Waals surface area contributed by atoms with Crippen LogP contribution < -0.4 is 0 Å². The van der Waals surface area contributed by atoms with Crippen LogP contribution in [0.2, 0.25) is 0 Å². The molecule has 0 aromatic carbocycles. The van der Waals surface area contributed by atoms with Gasteiger partial charge in [0.2, 0.25) is 0 Å². The summed E-state index contributed by atoms with van der Waals surface area (Å²) >= 11 is 0. The molecule has 92 valence electrons. The van der Waals surface area contributed by atoms with Gasteiger partial charge in [-0.25, -0.2) is 0 Å². The number of hydrogen-bond acceptors (Lipinski definition) is 2. The van der Waals surface area contributed by atoms with Gasteiger partial charge in [-0.05, 0) is 10.8 Å². The molecule has 5 heteroatoms. The van der Waals surface area contributed by atoms with E-state index in [-0.39, 0.29) is 37.7 Å². The van der Waals surface area contributed by atoms with E-state index in [2.05, 4.69) is 0 Å². The molecule has 16 heavy (non-hydrogen) atoms. The molecule has 0 spiro atoms. The summed E-state index contributed by atoms with van der Waals surface area (Å²) in [5.41, 5.74) is -3.51. The molecular weight excluding hydrogens is 236 g/mol. The van der Waals surface area contributed by atoms with Crippen molar-refractivity contribution in [1.29, 1.82) is 0 Å². The van der Waals surface area contributed by atoms with E-state index in [1.54, 1.807) is 41.5 Å². The van der Waals surface area contributed by atoms with E-state index in [1.165, 1.54) is 0 Å². The molecule has 0 amide bonds. The number of aliphatic carboxylic acids is 2. The Labute approximate surface area is 126 Å². The molecule has 0 aliphatic heterocycles. The molecule has 0 rings (SSSR count). The van der Waals surface area contributed by atoms with Gasteiger partial charge in [0.05, 0.1) is 0 Å². The van der Waals surface area contributed by atoms with Gasteiger partial charge in [-0.15, -0.1) is 0 Å². The molecule has 0 saturated carbocycles. The van der Waals surface area contributed by atoms with E-state index in [4.69, 9.17) is 0 Å². The summed E-state index contributed by atoms with van der Waals surface area (Å²) in [6.45, 7) is 9.84. The first kappa shape index (κ1) is 18.6. The molecule has 0 atom stereocenters.